The lowest BCUT2D eigenvalue weighted by Crippen LogP contribution is -2.42. The molecule has 0 radical (unpaired) electrons. The highest BCUT2D eigenvalue weighted by molar-refractivity contribution is 5.00. The van der Waals surface area contributed by atoms with E-state index in [9.17, 15) is 0 Å². The quantitative estimate of drug-likeness (QED) is 0.762. The Morgan fingerprint density at radius 3 is 2.57 bits per heavy atom. The summed E-state index contributed by atoms with van der Waals surface area (Å²) in [4.78, 5) is 0. The molecule has 78 valence electrons. The van der Waals surface area contributed by atoms with E-state index < -0.39 is 0 Å². The second-order valence-electron chi connectivity index (χ2n) is 5.01. The average Bonchev–Trinajstić information content (AvgIpc) is 2.61. The number of hydrogen-bond acceptors (Lipinski definition) is 1. The van der Waals surface area contributed by atoms with E-state index in [2.05, 4.69) is 48.5 Å². The van der Waals surface area contributed by atoms with Gasteiger partial charge in [0.05, 0.1) is 0 Å². The van der Waals surface area contributed by atoms with E-state index in [4.69, 9.17) is 0 Å². The molecule has 1 fully saturated rings. The molecule has 1 unspecified atom stereocenters. The first-order valence-electron chi connectivity index (χ1n) is 5.58. The summed E-state index contributed by atoms with van der Waals surface area (Å²) in [6.07, 6.45) is 9.53. The van der Waals surface area contributed by atoms with Gasteiger partial charge in [-0.1, -0.05) is 26.7 Å². The molecule has 1 aromatic rings. The fourth-order valence-corrected chi connectivity index (χ4v) is 2.33. The zero-order valence-electron chi connectivity index (χ0n) is 9.16. The first-order valence-corrected chi connectivity index (χ1v) is 5.58. The zero-order chi connectivity index (χ0) is 10.0. The zero-order valence-corrected chi connectivity index (χ0v) is 9.16. The summed E-state index contributed by atoms with van der Waals surface area (Å²) in [5, 5.41) is 0. The normalized spacial score (nSPS) is 26.0. The van der Waals surface area contributed by atoms with Gasteiger partial charge in [0.15, 0.2) is 0 Å². The highest BCUT2D eigenvalue weighted by Crippen LogP contribution is 2.35. The first-order chi connectivity index (χ1) is 6.68. The van der Waals surface area contributed by atoms with Crippen LogP contribution in [0.3, 0.4) is 0 Å². The summed E-state index contributed by atoms with van der Waals surface area (Å²) in [6.45, 7) is 4.74. The topological polar surface area (TPSA) is 17.0 Å². The van der Waals surface area contributed by atoms with Gasteiger partial charge in [0, 0.05) is 18.4 Å². The minimum absolute atomic E-state index is 0.433. The van der Waals surface area contributed by atoms with Gasteiger partial charge in [-0.25, -0.2) is 0 Å². The van der Waals surface area contributed by atoms with Gasteiger partial charge < -0.3 is 5.43 Å². The van der Waals surface area contributed by atoms with E-state index in [0.29, 0.717) is 11.5 Å². The molecule has 14 heavy (non-hydrogen) atoms. The van der Waals surface area contributed by atoms with Gasteiger partial charge in [0.25, 0.3) is 0 Å². The SMILES string of the molecule is CC1(C)CCCCC1Nn1cccc1. The molecule has 0 aliphatic heterocycles. The van der Waals surface area contributed by atoms with Crippen molar-refractivity contribution in [2.24, 2.45) is 5.41 Å². The summed E-state index contributed by atoms with van der Waals surface area (Å²) < 4.78 is 2.08. The molecular weight excluding hydrogens is 172 g/mol. The Bertz CT molecular complexity index is 275. The fourth-order valence-electron chi connectivity index (χ4n) is 2.33. The van der Waals surface area contributed by atoms with Crippen molar-refractivity contribution in [1.29, 1.82) is 0 Å². The van der Waals surface area contributed by atoms with Crippen LogP contribution in [0.25, 0.3) is 0 Å². The van der Waals surface area contributed by atoms with E-state index in [0.717, 1.165) is 0 Å². The van der Waals surface area contributed by atoms with Crippen LogP contribution < -0.4 is 5.43 Å². The first kappa shape index (κ1) is 9.63. The Labute approximate surface area is 86.3 Å². The number of nitrogens with zero attached hydrogens (tertiary/aromatic N) is 1. The number of hydrogen-bond donors (Lipinski definition) is 1. The second-order valence-corrected chi connectivity index (χ2v) is 5.01. The van der Waals surface area contributed by atoms with Gasteiger partial charge in [-0.2, -0.15) is 0 Å². The lowest BCUT2D eigenvalue weighted by molar-refractivity contribution is 0.206. The van der Waals surface area contributed by atoms with Crippen LogP contribution in [0.1, 0.15) is 39.5 Å². The van der Waals surface area contributed by atoms with Crippen LogP contribution in [-0.2, 0) is 0 Å². The Kier molecular flexibility index (Phi) is 2.53. The maximum atomic E-state index is 3.57. The van der Waals surface area contributed by atoms with Crippen LogP contribution in [0.5, 0.6) is 0 Å². The van der Waals surface area contributed by atoms with Crippen LogP contribution in [0.15, 0.2) is 24.5 Å². The van der Waals surface area contributed by atoms with Gasteiger partial charge in [0.1, 0.15) is 0 Å². The standard InChI is InChI=1S/C12H20N2/c1-12(2)8-4-3-7-11(12)13-14-9-5-6-10-14/h5-6,9-11,13H,3-4,7-8H2,1-2H3. The van der Waals surface area contributed by atoms with E-state index >= 15 is 0 Å². The van der Waals surface area contributed by atoms with Crippen molar-refractivity contribution in [2.45, 2.75) is 45.6 Å². The number of nitrogens with one attached hydrogen (secondary N) is 1. The van der Waals surface area contributed by atoms with Crippen molar-refractivity contribution < 1.29 is 0 Å². The van der Waals surface area contributed by atoms with Crippen molar-refractivity contribution >= 4 is 0 Å². The molecule has 0 bridgehead atoms. The van der Waals surface area contributed by atoms with Crippen LogP contribution in [-0.4, -0.2) is 10.7 Å². The minimum Gasteiger partial charge on any atom is -0.323 e. The highest BCUT2D eigenvalue weighted by Gasteiger charge is 2.32. The van der Waals surface area contributed by atoms with E-state index in [1.165, 1.54) is 25.7 Å². The molecule has 1 saturated carbocycles. The molecule has 1 aromatic heterocycles. The predicted octanol–water partition coefficient (Wildman–Crippen LogP) is 3.00. The fraction of sp³-hybridized carbons (Fsp3) is 0.667. The lowest BCUT2D eigenvalue weighted by atomic mass is 9.73. The summed E-state index contributed by atoms with van der Waals surface area (Å²) in [6, 6.07) is 4.73. The molecule has 2 heteroatoms. The molecule has 2 rings (SSSR count). The maximum absolute atomic E-state index is 3.57. The van der Waals surface area contributed by atoms with Crippen LogP contribution >= 0.6 is 0 Å². The minimum atomic E-state index is 0.433. The molecule has 0 spiro atoms. The monoisotopic (exact) mass is 192 g/mol. The van der Waals surface area contributed by atoms with Crippen LogP contribution in [0.4, 0.5) is 0 Å². The van der Waals surface area contributed by atoms with E-state index in [-0.39, 0.29) is 0 Å². The molecule has 1 N–H and O–H groups in total. The lowest BCUT2D eigenvalue weighted by Gasteiger charge is -2.39. The molecule has 1 heterocycles. The molecule has 2 nitrogen and oxygen atoms in total. The third-order valence-electron chi connectivity index (χ3n) is 3.42. The van der Waals surface area contributed by atoms with Crippen molar-refractivity contribution in [3.05, 3.63) is 24.5 Å². The molecule has 0 amide bonds. The third kappa shape index (κ3) is 1.94. The number of aromatic nitrogens is 1. The van der Waals surface area contributed by atoms with Crippen LogP contribution in [0, 0.1) is 5.41 Å². The van der Waals surface area contributed by atoms with Gasteiger partial charge in [-0.15, -0.1) is 0 Å². The Morgan fingerprint density at radius 2 is 1.93 bits per heavy atom. The van der Waals surface area contributed by atoms with Crippen molar-refractivity contribution in [3.63, 3.8) is 0 Å². The molecule has 1 aliphatic carbocycles. The Morgan fingerprint density at radius 1 is 1.21 bits per heavy atom. The predicted molar refractivity (Wildman–Crippen MR) is 59.8 cm³/mol. The van der Waals surface area contributed by atoms with Gasteiger partial charge >= 0.3 is 0 Å². The van der Waals surface area contributed by atoms with Crippen molar-refractivity contribution in [1.82, 2.24) is 4.68 Å². The Hall–Kier alpha value is -0.920. The Balaban J connectivity index is 2.02. The van der Waals surface area contributed by atoms with E-state index in [1.54, 1.807) is 0 Å². The van der Waals surface area contributed by atoms with Crippen molar-refractivity contribution in [2.75, 3.05) is 5.43 Å². The molecule has 1 aliphatic rings. The molecule has 1 atom stereocenters. The van der Waals surface area contributed by atoms with E-state index in [1.807, 2.05) is 0 Å². The third-order valence-corrected chi connectivity index (χ3v) is 3.42. The summed E-state index contributed by atoms with van der Waals surface area (Å²) in [5.41, 5.74) is 4.00. The largest absolute Gasteiger partial charge is 0.323 e. The van der Waals surface area contributed by atoms with Crippen LogP contribution in [0.2, 0.25) is 0 Å². The molecular formula is C12H20N2. The van der Waals surface area contributed by atoms with Gasteiger partial charge in [-0.3, -0.25) is 4.68 Å². The molecule has 0 aromatic carbocycles. The highest BCUT2D eigenvalue weighted by atomic mass is 15.4. The smallest absolute Gasteiger partial charge is 0.0475 e. The van der Waals surface area contributed by atoms with Gasteiger partial charge in [0.2, 0.25) is 0 Å². The summed E-state index contributed by atoms with van der Waals surface area (Å²) >= 11 is 0. The summed E-state index contributed by atoms with van der Waals surface area (Å²) in [7, 11) is 0. The second kappa shape index (κ2) is 3.68. The number of rotatable bonds is 2. The van der Waals surface area contributed by atoms with Gasteiger partial charge in [-0.05, 0) is 30.4 Å². The average molecular weight is 192 g/mol. The van der Waals surface area contributed by atoms with Crippen molar-refractivity contribution in [3.8, 4) is 0 Å². The maximum Gasteiger partial charge on any atom is 0.0475 e. The summed E-state index contributed by atoms with van der Waals surface area (Å²) in [5.74, 6) is 0. The molecule has 0 saturated heterocycles.